The molecule has 0 aliphatic heterocycles. The Labute approximate surface area is 263 Å². The first-order valence-electron chi connectivity index (χ1n) is 15.2. The Morgan fingerprint density at radius 1 is 0.511 bits per heavy atom. The van der Waals surface area contributed by atoms with E-state index in [-0.39, 0.29) is 0 Å². The molecule has 0 spiro atoms. The van der Waals surface area contributed by atoms with Gasteiger partial charge >= 0.3 is 0 Å². The maximum absolute atomic E-state index is 9.89. The highest BCUT2D eigenvalue weighted by molar-refractivity contribution is 6.11. The summed E-state index contributed by atoms with van der Waals surface area (Å²) in [7, 11) is 0. The maximum atomic E-state index is 9.89. The van der Waals surface area contributed by atoms with Crippen molar-refractivity contribution in [3.63, 3.8) is 0 Å². The topological polar surface area (TPSA) is 67.4 Å². The van der Waals surface area contributed by atoms with E-state index in [4.69, 9.17) is 9.97 Å². The molecule has 5 heteroatoms. The second kappa shape index (κ2) is 10.8. The molecule has 7 rings (SSSR count). The summed E-state index contributed by atoms with van der Waals surface area (Å²) in [6.45, 7) is 12.3. The average molecular weight is 584 g/mol. The van der Waals surface area contributed by atoms with Gasteiger partial charge in [-0.05, 0) is 94.1 Å². The van der Waals surface area contributed by atoms with Crippen LogP contribution >= 0.6 is 0 Å². The third-order valence-corrected chi connectivity index (χ3v) is 8.34. The van der Waals surface area contributed by atoms with Crippen molar-refractivity contribution in [1.82, 2.24) is 19.5 Å². The van der Waals surface area contributed by atoms with Crippen molar-refractivity contribution in [2.24, 2.45) is 0 Å². The molecule has 0 aliphatic rings. The molecule has 0 aliphatic carbocycles. The molecule has 0 radical (unpaired) electrons. The van der Waals surface area contributed by atoms with E-state index in [9.17, 15) is 5.26 Å². The molecule has 0 bridgehead atoms. The molecule has 7 aromatic rings. The SMILES string of the molecule is Cc1cc(C)cc(-c2ccc3c4ccc(-c5cc(C)cc(C)c5)cc4n(-c4ccc(C#N)cc4-c4nc(C)nc(C)n4)c3c2)c1. The van der Waals surface area contributed by atoms with Gasteiger partial charge in [-0.2, -0.15) is 5.26 Å². The van der Waals surface area contributed by atoms with Crippen LogP contribution in [0.3, 0.4) is 0 Å². The lowest BCUT2D eigenvalue weighted by Crippen LogP contribution is -2.04. The fraction of sp³-hybridized carbons (Fsp3) is 0.150. The molecule has 0 unspecified atom stereocenters. The third-order valence-electron chi connectivity index (χ3n) is 8.34. The van der Waals surface area contributed by atoms with Crippen molar-refractivity contribution in [2.45, 2.75) is 41.5 Å². The number of hydrogen-bond donors (Lipinski definition) is 0. The zero-order chi connectivity index (χ0) is 31.4. The van der Waals surface area contributed by atoms with E-state index in [0.717, 1.165) is 44.2 Å². The Kier molecular flexibility index (Phi) is 6.79. The fourth-order valence-electron chi connectivity index (χ4n) is 6.64. The predicted molar refractivity (Wildman–Crippen MR) is 184 cm³/mol. The van der Waals surface area contributed by atoms with Crippen LogP contribution < -0.4 is 0 Å². The summed E-state index contributed by atoms with van der Waals surface area (Å²) < 4.78 is 2.31. The molecule has 5 nitrogen and oxygen atoms in total. The quantitative estimate of drug-likeness (QED) is 0.207. The Morgan fingerprint density at radius 2 is 1.00 bits per heavy atom. The van der Waals surface area contributed by atoms with Crippen LogP contribution in [0.2, 0.25) is 0 Å². The van der Waals surface area contributed by atoms with Gasteiger partial charge in [0, 0.05) is 16.3 Å². The van der Waals surface area contributed by atoms with E-state index in [0.29, 0.717) is 23.0 Å². The third kappa shape index (κ3) is 5.15. The van der Waals surface area contributed by atoms with Crippen molar-refractivity contribution in [1.29, 1.82) is 5.26 Å². The van der Waals surface area contributed by atoms with Crippen LogP contribution in [0.25, 0.3) is 61.1 Å². The Balaban J connectivity index is 1.59. The largest absolute Gasteiger partial charge is 0.308 e. The van der Waals surface area contributed by atoms with Crippen LogP contribution in [0.5, 0.6) is 0 Å². The minimum absolute atomic E-state index is 0.553. The predicted octanol–water partition coefficient (Wildman–Crippen LogP) is 9.69. The van der Waals surface area contributed by atoms with Gasteiger partial charge in [0.2, 0.25) is 0 Å². The number of nitrogens with zero attached hydrogens (tertiary/aromatic N) is 5. The molecule has 218 valence electrons. The zero-order valence-electron chi connectivity index (χ0n) is 26.4. The number of aryl methyl sites for hydroxylation is 6. The van der Waals surface area contributed by atoms with Gasteiger partial charge in [0.1, 0.15) is 11.6 Å². The normalized spacial score (nSPS) is 11.3. The first kappa shape index (κ1) is 28.2. The summed E-state index contributed by atoms with van der Waals surface area (Å²) in [5.74, 6) is 1.84. The molecule has 0 amide bonds. The summed E-state index contributed by atoms with van der Waals surface area (Å²) in [4.78, 5) is 13.9. The monoisotopic (exact) mass is 583 g/mol. The summed E-state index contributed by atoms with van der Waals surface area (Å²) in [5, 5.41) is 12.2. The molecule has 0 saturated carbocycles. The lowest BCUT2D eigenvalue weighted by Gasteiger charge is -2.15. The van der Waals surface area contributed by atoms with E-state index < -0.39 is 0 Å². The van der Waals surface area contributed by atoms with Gasteiger partial charge in [-0.15, -0.1) is 0 Å². The highest BCUT2D eigenvalue weighted by Gasteiger charge is 2.20. The first-order valence-corrected chi connectivity index (χ1v) is 15.2. The Bertz CT molecular complexity index is 2180. The van der Waals surface area contributed by atoms with Gasteiger partial charge < -0.3 is 4.57 Å². The highest BCUT2D eigenvalue weighted by atomic mass is 15.0. The van der Waals surface area contributed by atoms with Crippen molar-refractivity contribution in [3.8, 4) is 45.4 Å². The number of nitriles is 1. The number of aromatic nitrogens is 4. The van der Waals surface area contributed by atoms with E-state index in [2.05, 4.69) is 116 Å². The maximum Gasteiger partial charge on any atom is 0.165 e. The molecule has 5 aromatic carbocycles. The summed E-state index contributed by atoms with van der Waals surface area (Å²) in [6.07, 6.45) is 0. The molecule has 0 atom stereocenters. The standard InChI is InChI=1S/C40H33N5/c1-23-13-24(2)16-32(15-23)30-8-10-34-35-11-9-31(33-17-25(3)14-26(4)18-33)21-39(35)45(38(34)20-30)37-12-7-29(22-41)19-36(37)40-43-27(5)42-28(6)44-40/h7-21H,1-6H3. The molecule has 0 saturated heterocycles. The number of benzene rings is 5. The van der Waals surface area contributed by atoms with Crippen LogP contribution in [-0.4, -0.2) is 19.5 Å². The highest BCUT2D eigenvalue weighted by Crippen LogP contribution is 2.39. The first-order chi connectivity index (χ1) is 21.7. The van der Waals surface area contributed by atoms with Gasteiger partial charge in [0.05, 0.1) is 28.4 Å². The van der Waals surface area contributed by atoms with Gasteiger partial charge in [0.15, 0.2) is 5.82 Å². The molecular weight excluding hydrogens is 550 g/mol. The molecule has 45 heavy (non-hydrogen) atoms. The summed E-state index contributed by atoms with van der Waals surface area (Å²) in [5.41, 5.74) is 14.0. The van der Waals surface area contributed by atoms with Crippen LogP contribution in [0.1, 0.15) is 39.5 Å². The van der Waals surface area contributed by atoms with E-state index in [1.807, 2.05) is 32.0 Å². The van der Waals surface area contributed by atoms with Gasteiger partial charge in [-0.25, -0.2) is 15.0 Å². The van der Waals surface area contributed by atoms with E-state index in [1.165, 1.54) is 33.4 Å². The Morgan fingerprint density at radius 3 is 1.47 bits per heavy atom. The average Bonchev–Trinajstić information content (AvgIpc) is 3.32. The second-order valence-electron chi connectivity index (χ2n) is 12.1. The second-order valence-corrected chi connectivity index (χ2v) is 12.1. The minimum Gasteiger partial charge on any atom is -0.308 e. The van der Waals surface area contributed by atoms with E-state index >= 15 is 0 Å². The van der Waals surface area contributed by atoms with Crippen LogP contribution in [0.4, 0.5) is 0 Å². The van der Waals surface area contributed by atoms with Crippen LogP contribution in [0.15, 0.2) is 91.0 Å². The molecule has 0 fully saturated rings. The smallest absolute Gasteiger partial charge is 0.165 e. The van der Waals surface area contributed by atoms with Gasteiger partial charge in [-0.1, -0.05) is 82.9 Å². The lowest BCUT2D eigenvalue weighted by molar-refractivity contribution is 0.926. The lowest BCUT2D eigenvalue weighted by atomic mass is 9.98. The number of hydrogen-bond acceptors (Lipinski definition) is 4. The van der Waals surface area contributed by atoms with Crippen molar-refractivity contribution < 1.29 is 0 Å². The number of rotatable bonds is 4. The zero-order valence-corrected chi connectivity index (χ0v) is 26.4. The molecule has 2 heterocycles. The molecule has 0 N–H and O–H groups in total. The van der Waals surface area contributed by atoms with Crippen molar-refractivity contribution >= 4 is 21.8 Å². The van der Waals surface area contributed by atoms with Crippen molar-refractivity contribution in [2.75, 3.05) is 0 Å². The fourth-order valence-corrected chi connectivity index (χ4v) is 6.64. The minimum atomic E-state index is 0.553. The van der Waals surface area contributed by atoms with Gasteiger partial charge in [0.25, 0.3) is 0 Å². The Hall–Kier alpha value is -5.60. The molecular formula is C40H33N5. The summed E-state index contributed by atoms with van der Waals surface area (Å²) >= 11 is 0. The number of fused-ring (bicyclic) bond motifs is 3. The van der Waals surface area contributed by atoms with Crippen LogP contribution in [0, 0.1) is 52.9 Å². The van der Waals surface area contributed by atoms with Crippen molar-refractivity contribution in [3.05, 3.63) is 130 Å². The molecule has 2 aromatic heterocycles. The summed E-state index contributed by atoms with van der Waals surface area (Å²) in [6, 6.07) is 34.9. The van der Waals surface area contributed by atoms with E-state index in [1.54, 1.807) is 0 Å². The van der Waals surface area contributed by atoms with Gasteiger partial charge in [-0.3, -0.25) is 0 Å². The van der Waals surface area contributed by atoms with Crippen LogP contribution in [-0.2, 0) is 0 Å².